The topological polar surface area (TPSA) is 110 Å². The van der Waals surface area contributed by atoms with Gasteiger partial charge >= 0.3 is 0 Å². The fraction of sp³-hybridized carbons (Fsp3) is 0.321. The second-order valence-electron chi connectivity index (χ2n) is 10.1. The van der Waals surface area contributed by atoms with Gasteiger partial charge < -0.3 is 10.6 Å². The van der Waals surface area contributed by atoms with Gasteiger partial charge in [0.05, 0.1) is 24.3 Å². The van der Waals surface area contributed by atoms with E-state index in [-0.39, 0.29) is 5.91 Å². The van der Waals surface area contributed by atoms with E-state index in [1.165, 1.54) is 6.33 Å². The molecule has 0 bridgehead atoms. The summed E-state index contributed by atoms with van der Waals surface area (Å²) >= 11 is 0. The number of hydrogen-bond acceptors (Lipinski definition) is 7. The second-order valence-corrected chi connectivity index (χ2v) is 10.1. The average Bonchev–Trinajstić information content (AvgIpc) is 3.51. The lowest BCUT2D eigenvalue weighted by molar-refractivity contribution is -0.130. The van der Waals surface area contributed by atoms with Crippen molar-refractivity contribution in [1.82, 2.24) is 39.2 Å². The zero-order valence-corrected chi connectivity index (χ0v) is 21.7. The Hall–Kier alpha value is -4.31. The summed E-state index contributed by atoms with van der Waals surface area (Å²) in [4.78, 5) is 24.7. The molecule has 5 heterocycles. The molecular weight excluding hydrogens is 478 g/mol. The van der Waals surface area contributed by atoms with Gasteiger partial charge in [-0.15, -0.1) is 0 Å². The van der Waals surface area contributed by atoms with E-state index < -0.39 is 0 Å². The Balaban J connectivity index is 1.30. The first kappa shape index (κ1) is 24.1. The molecule has 0 saturated carbocycles. The van der Waals surface area contributed by atoms with E-state index in [2.05, 4.69) is 44.2 Å². The number of likely N-dealkylation sites (tertiary alicyclic amines) is 1. The van der Waals surface area contributed by atoms with Crippen LogP contribution in [0.15, 0.2) is 61.2 Å². The van der Waals surface area contributed by atoms with Crippen molar-refractivity contribution >= 4 is 28.1 Å². The molecule has 38 heavy (non-hydrogen) atoms. The number of nitrogens with two attached hydrogens (primary N) is 1. The molecule has 4 aromatic heterocycles. The Morgan fingerprint density at radius 2 is 1.95 bits per heavy atom. The summed E-state index contributed by atoms with van der Waals surface area (Å²) < 4.78 is 3.87. The third-order valence-electron chi connectivity index (χ3n) is 7.39. The molecule has 10 nitrogen and oxygen atoms in total. The van der Waals surface area contributed by atoms with Crippen molar-refractivity contribution in [2.24, 2.45) is 0 Å². The number of benzene rings is 1. The van der Waals surface area contributed by atoms with Gasteiger partial charge in [-0.05, 0) is 55.8 Å². The smallest absolute Gasteiger partial charge is 0.236 e. The fourth-order valence-corrected chi connectivity index (χ4v) is 5.30. The van der Waals surface area contributed by atoms with Crippen molar-refractivity contribution < 1.29 is 4.79 Å². The number of anilines is 1. The van der Waals surface area contributed by atoms with Gasteiger partial charge in [0, 0.05) is 49.1 Å². The third kappa shape index (κ3) is 4.58. The number of pyridine rings is 1. The Kier molecular flexibility index (Phi) is 6.24. The second kappa shape index (κ2) is 9.86. The maximum absolute atomic E-state index is 12.2. The van der Waals surface area contributed by atoms with Crippen LogP contribution in [0.3, 0.4) is 0 Å². The number of likely N-dealkylation sites (N-methyl/N-ethyl adjacent to an activating group) is 1. The van der Waals surface area contributed by atoms with Crippen molar-refractivity contribution in [3.05, 3.63) is 72.6 Å². The highest BCUT2D eigenvalue weighted by Crippen LogP contribution is 2.37. The predicted molar refractivity (Wildman–Crippen MR) is 147 cm³/mol. The number of hydrogen-bond donors (Lipinski definition) is 1. The van der Waals surface area contributed by atoms with E-state index in [9.17, 15) is 4.79 Å². The maximum Gasteiger partial charge on any atom is 0.236 e. The van der Waals surface area contributed by atoms with E-state index in [4.69, 9.17) is 10.8 Å². The fourth-order valence-electron chi connectivity index (χ4n) is 5.30. The summed E-state index contributed by atoms with van der Waals surface area (Å²) in [5, 5.41) is 10.5. The van der Waals surface area contributed by atoms with Crippen LogP contribution in [-0.2, 0) is 11.3 Å². The summed E-state index contributed by atoms with van der Waals surface area (Å²) in [6.07, 6.45) is 7.26. The molecule has 0 spiro atoms. The SMILES string of the molecule is CN(C)C(=O)CN1CCC(c2cc(-c3ccc4cn(Cc5ccccn5)nc4c3)c3c(N)ncnn23)CC1. The summed E-state index contributed by atoms with van der Waals surface area (Å²) in [5.74, 6) is 0.908. The van der Waals surface area contributed by atoms with Crippen LogP contribution >= 0.6 is 0 Å². The lowest BCUT2D eigenvalue weighted by Gasteiger charge is -2.31. The number of rotatable bonds is 6. The first-order valence-electron chi connectivity index (χ1n) is 12.9. The molecule has 1 amide bonds. The van der Waals surface area contributed by atoms with Gasteiger partial charge in [-0.25, -0.2) is 9.50 Å². The van der Waals surface area contributed by atoms with E-state index in [1.807, 2.05) is 33.6 Å². The van der Waals surface area contributed by atoms with Gasteiger partial charge in [-0.3, -0.25) is 19.4 Å². The standard InChI is InChI=1S/C28H31N9O/c1-34(2)26(38)17-35-11-8-19(9-12-35)25-14-23(27-28(29)31-18-32-37(25)27)20-6-7-21-15-36(33-24(21)13-20)16-22-5-3-4-10-30-22/h3-7,10,13-15,18-19H,8-9,11-12,16-17H2,1-2H3,(H2,29,31,32). The summed E-state index contributed by atoms with van der Waals surface area (Å²) in [6.45, 7) is 2.81. The van der Waals surface area contributed by atoms with Crippen LogP contribution in [0.5, 0.6) is 0 Å². The van der Waals surface area contributed by atoms with Gasteiger partial charge in [0.1, 0.15) is 11.8 Å². The molecule has 1 fully saturated rings. The van der Waals surface area contributed by atoms with Crippen LogP contribution in [0.1, 0.15) is 30.1 Å². The quantitative estimate of drug-likeness (QED) is 0.375. The highest BCUT2D eigenvalue weighted by Gasteiger charge is 2.27. The highest BCUT2D eigenvalue weighted by atomic mass is 16.2. The number of carbonyl (C=O) groups excluding carboxylic acids is 1. The van der Waals surface area contributed by atoms with Crippen molar-refractivity contribution in [2.75, 3.05) is 39.5 Å². The largest absolute Gasteiger partial charge is 0.382 e. The number of nitrogen functional groups attached to an aromatic ring is 1. The molecule has 1 aromatic carbocycles. The molecule has 0 unspecified atom stereocenters. The first-order valence-corrected chi connectivity index (χ1v) is 12.9. The van der Waals surface area contributed by atoms with Gasteiger partial charge in [-0.2, -0.15) is 10.2 Å². The number of carbonyl (C=O) groups is 1. The summed E-state index contributed by atoms with van der Waals surface area (Å²) in [6, 6.07) is 14.4. The van der Waals surface area contributed by atoms with E-state index in [0.29, 0.717) is 24.8 Å². The Bertz CT molecular complexity index is 1600. The summed E-state index contributed by atoms with van der Waals surface area (Å²) in [5.41, 5.74) is 12.2. The number of amides is 1. The van der Waals surface area contributed by atoms with Crippen molar-refractivity contribution in [1.29, 1.82) is 0 Å². The molecule has 10 heteroatoms. The number of nitrogens with zero attached hydrogens (tertiary/aromatic N) is 8. The Morgan fingerprint density at radius 3 is 2.71 bits per heavy atom. The van der Waals surface area contributed by atoms with Crippen molar-refractivity contribution in [3.63, 3.8) is 0 Å². The Morgan fingerprint density at radius 1 is 1.11 bits per heavy atom. The molecular formula is C28H31N9O. The molecule has 2 N–H and O–H groups in total. The van der Waals surface area contributed by atoms with Crippen LogP contribution < -0.4 is 5.73 Å². The average molecular weight is 510 g/mol. The van der Waals surface area contributed by atoms with Crippen LogP contribution in [0, 0.1) is 0 Å². The summed E-state index contributed by atoms with van der Waals surface area (Å²) in [7, 11) is 3.60. The van der Waals surface area contributed by atoms with Crippen molar-refractivity contribution in [3.8, 4) is 11.1 Å². The molecule has 6 rings (SSSR count). The molecule has 1 saturated heterocycles. The van der Waals surface area contributed by atoms with Gasteiger partial charge in [-0.1, -0.05) is 18.2 Å². The zero-order valence-electron chi connectivity index (χ0n) is 21.7. The normalized spacial score (nSPS) is 14.9. The van der Waals surface area contributed by atoms with Gasteiger partial charge in [0.15, 0.2) is 5.82 Å². The number of fused-ring (bicyclic) bond motifs is 2. The Labute approximate surface area is 220 Å². The van der Waals surface area contributed by atoms with Crippen LogP contribution in [0.2, 0.25) is 0 Å². The molecule has 1 aliphatic rings. The maximum atomic E-state index is 12.2. The van der Waals surface area contributed by atoms with Gasteiger partial charge in [0.25, 0.3) is 0 Å². The molecule has 194 valence electrons. The van der Waals surface area contributed by atoms with Crippen molar-refractivity contribution in [2.45, 2.75) is 25.3 Å². The van der Waals surface area contributed by atoms with E-state index >= 15 is 0 Å². The molecule has 0 radical (unpaired) electrons. The van der Waals surface area contributed by atoms with Gasteiger partial charge in [0.2, 0.25) is 5.91 Å². The lowest BCUT2D eigenvalue weighted by Crippen LogP contribution is -2.40. The zero-order chi connectivity index (χ0) is 26.2. The predicted octanol–water partition coefficient (Wildman–Crippen LogP) is 3.04. The van der Waals surface area contributed by atoms with Crippen LogP contribution in [-0.4, -0.2) is 78.8 Å². The highest BCUT2D eigenvalue weighted by molar-refractivity contribution is 5.92. The molecule has 0 aliphatic carbocycles. The molecule has 5 aromatic rings. The van der Waals surface area contributed by atoms with E-state index in [0.717, 1.165) is 64.9 Å². The lowest BCUT2D eigenvalue weighted by atomic mass is 9.93. The molecule has 1 aliphatic heterocycles. The minimum atomic E-state index is 0.136. The number of aromatic nitrogens is 6. The monoisotopic (exact) mass is 509 g/mol. The third-order valence-corrected chi connectivity index (χ3v) is 7.39. The first-order chi connectivity index (χ1) is 18.5. The van der Waals surface area contributed by atoms with Crippen LogP contribution in [0.25, 0.3) is 27.5 Å². The molecule has 0 atom stereocenters. The minimum Gasteiger partial charge on any atom is -0.382 e. The minimum absolute atomic E-state index is 0.136. The number of piperidine rings is 1. The van der Waals surface area contributed by atoms with E-state index in [1.54, 1.807) is 25.2 Å². The van der Waals surface area contributed by atoms with Crippen LogP contribution in [0.4, 0.5) is 5.82 Å².